The highest BCUT2D eigenvalue weighted by molar-refractivity contribution is 6.18. The average molecular weight is 324 g/mol. The number of hydrogen-bond acceptors (Lipinski definition) is 2. The van der Waals surface area contributed by atoms with E-state index in [1.54, 1.807) is 6.07 Å². The third-order valence-corrected chi connectivity index (χ3v) is 4.07. The van der Waals surface area contributed by atoms with Crippen molar-refractivity contribution in [2.24, 2.45) is 0 Å². The SMILES string of the molecule is O[C@H](CCl)C[NH+]1CCN(c2cccc(C(F)(F)F)c2)CC1. The summed E-state index contributed by atoms with van der Waals surface area (Å²) >= 11 is 5.58. The first kappa shape index (κ1) is 16.4. The fraction of sp³-hybridized carbons (Fsp3) is 0.571. The van der Waals surface area contributed by atoms with Gasteiger partial charge < -0.3 is 14.9 Å². The number of aliphatic hydroxyl groups is 1. The van der Waals surface area contributed by atoms with E-state index in [9.17, 15) is 18.3 Å². The Labute approximate surface area is 126 Å². The number of nitrogens with zero attached hydrogens (tertiary/aromatic N) is 1. The maximum Gasteiger partial charge on any atom is 0.416 e. The molecule has 0 amide bonds. The second kappa shape index (κ2) is 6.85. The van der Waals surface area contributed by atoms with E-state index >= 15 is 0 Å². The largest absolute Gasteiger partial charge is 0.416 e. The van der Waals surface area contributed by atoms with E-state index in [0.717, 1.165) is 19.2 Å². The molecule has 7 heteroatoms. The molecule has 2 N–H and O–H groups in total. The van der Waals surface area contributed by atoms with E-state index in [4.69, 9.17) is 11.6 Å². The number of alkyl halides is 4. The fourth-order valence-electron chi connectivity index (χ4n) is 2.55. The summed E-state index contributed by atoms with van der Waals surface area (Å²) in [6, 6.07) is 5.42. The molecule has 2 rings (SSSR count). The Bertz CT molecular complexity index is 462. The number of piperazine rings is 1. The molecule has 0 spiro atoms. The van der Waals surface area contributed by atoms with Crippen LogP contribution in [0.2, 0.25) is 0 Å². The zero-order valence-electron chi connectivity index (χ0n) is 11.5. The highest BCUT2D eigenvalue weighted by atomic mass is 35.5. The minimum atomic E-state index is -4.31. The molecule has 21 heavy (non-hydrogen) atoms. The molecule has 1 fully saturated rings. The topological polar surface area (TPSA) is 27.9 Å². The molecule has 1 heterocycles. The van der Waals surface area contributed by atoms with Crippen LogP contribution in [-0.2, 0) is 6.18 Å². The highest BCUT2D eigenvalue weighted by Crippen LogP contribution is 2.31. The van der Waals surface area contributed by atoms with E-state index in [1.807, 2.05) is 4.90 Å². The van der Waals surface area contributed by atoms with Gasteiger partial charge >= 0.3 is 6.18 Å². The zero-order valence-corrected chi connectivity index (χ0v) is 12.3. The van der Waals surface area contributed by atoms with Gasteiger partial charge in [0.25, 0.3) is 0 Å². The van der Waals surface area contributed by atoms with Crippen LogP contribution in [0.1, 0.15) is 5.56 Å². The number of aliphatic hydroxyl groups excluding tert-OH is 1. The first-order valence-electron chi connectivity index (χ1n) is 6.90. The molecule has 0 unspecified atom stereocenters. The molecule has 1 aliphatic rings. The van der Waals surface area contributed by atoms with Crippen molar-refractivity contribution >= 4 is 17.3 Å². The third kappa shape index (κ3) is 4.49. The molecule has 118 valence electrons. The van der Waals surface area contributed by atoms with Crippen molar-refractivity contribution in [1.82, 2.24) is 0 Å². The van der Waals surface area contributed by atoms with Crippen molar-refractivity contribution in [2.75, 3.05) is 43.5 Å². The van der Waals surface area contributed by atoms with Crippen molar-refractivity contribution in [3.63, 3.8) is 0 Å². The summed E-state index contributed by atoms with van der Waals surface area (Å²) in [5.41, 5.74) is -0.0193. The predicted molar refractivity (Wildman–Crippen MR) is 75.9 cm³/mol. The summed E-state index contributed by atoms with van der Waals surface area (Å²) in [7, 11) is 0. The molecular weight excluding hydrogens is 305 g/mol. The number of halogens is 4. The summed E-state index contributed by atoms with van der Waals surface area (Å²) in [4.78, 5) is 3.18. The van der Waals surface area contributed by atoms with Crippen molar-refractivity contribution in [3.05, 3.63) is 29.8 Å². The number of benzene rings is 1. The molecule has 0 bridgehead atoms. The molecule has 1 aliphatic heterocycles. The molecule has 1 aromatic rings. The van der Waals surface area contributed by atoms with Crippen LogP contribution in [0.4, 0.5) is 18.9 Å². The van der Waals surface area contributed by atoms with E-state index in [-0.39, 0.29) is 5.88 Å². The lowest BCUT2D eigenvalue weighted by Gasteiger charge is -2.34. The molecule has 0 aliphatic carbocycles. The Morgan fingerprint density at radius 3 is 2.52 bits per heavy atom. The normalized spacial score (nSPS) is 18.8. The van der Waals surface area contributed by atoms with E-state index in [0.29, 0.717) is 25.3 Å². The van der Waals surface area contributed by atoms with Crippen molar-refractivity contribution in [3.8, 4) is 0 Å². The summed E-state index contributed by atoms with van der Waals surface area (Å²) in [5, 5.41) is 9.53. The summed E-state index contributed by atoms with van der Waals surface area (Å²) in [5.74, 6) is 0.209. The van der Waals surface area contributed by atoms with Gasteiger partial charge in [0.15, 0.2) is 0 Å². The van der Waals surface area contributed by atoms with Gasteiger partial charge in [0.2, 0.25) is 0 Å². The monoisotopic (exact) mass is 323 g/mol. The van der Waals surface area contributed by atoms with Gasteiger partial charge in [-0.25, -0.2) is 0 Å². The molecule has 0 radical (unpaired) electrons. The van der Waals surface area contributed by atoms with Crippen LogP contribution in [0.15, 0.2) is 24.3 Å². The molecule has 3 nitrogen and oxygen atoms in total. The van der Waals surface area contributed by atoms with Gasteiger partial charge in [0, 0.05) is 5.69 Å². The number of quaternary nitrogens is 1. The van der Waals surface area contributed by atoms with E-state index in [2.05, 4.69) is 0 Å². The minimum Gasteiger partial charge on any atom is -0.386 e. The first-order valence-corrected chi connectivity index (χ1v) is 7.43. The lowest BCUT2D eigenvalue weighted by atomic mass is 10.1. The second-order valence-electron chi connectivity index (χ2n) is 5.30. The van der Waals surface area contributed by atoms with Gasteiger partial charge in [0.05, 0.1) is 37.6 Å². The van der Waals surface area contributed by atoms with Gasteiger partial charge in [-0.05, 0) is 18.2 Å². The predicted octanol–water partition coefficient (Wildman–Crippen LogP) is 1.01. The fourth-order valence-corrected chi connectivity index (χ4v) is 2.66. The molecule has 1 aromatic carbocycles. The molecule has 1 saturated heterocycles. The molecule has 0 saturated carbocycles. The Hall–Kier alpha value is -0.980. The number of nitrogens with one attached hydrogen (secondary N) is 1. The van der Waals surface area contributed by atoms with Crippen molar-refractivity contribution in [1.29, 1.82) is 0 Å². The third-order valence-electron chi connectivity index (χ3n) is 3.71. The molecular formula is C14H19ClF3N2O+. The van der Waals surface area contributed by atoms with Gasteiger partial charge in [-0.1, -0.05) is 6.07 Å². The minimum absolute atomic E-state index is 0.209. The van der Waals surface area contributed by atoms with Gasteiger partial charge in [-0.3, -0.25) is 0 Å². The lowest BCUT2D eigenvalue weighted by molar-refractivity contribution is -0.903. The van der Waals surface area contributed by atoms with Crippen LogP contribution in [0.3, 0.4) is 0 Å². The second-order valence-corrected chi connectivity index (χ2v) is 5.61. The Morgan fingerprint density at radius 2 is 1.95 bits per heavy atom. The molecule has 1 atom stereocenters. The number of rotatable bonds is 4. The van der Waals surface area contributed by atoms with Gasteiger partial charge in [-0.15, -0.1) is 11.6 Å². The lowest BCUT2D eigenvalue weighted by Crippen LogP contribution is -3.15. The quantitative estimate of drug-likeness (QED) is 0.810. The maximum atomic E-state index is 12.7. The maximum absolute atomic E-state index is 12.7. The van der Waals surface area contributed by atoms with Crippen molar-refractivity contribution in [2.45, 2.75) is 12.3 Å². The molecule has 0 aromatic heterocycles. The van der Waals surface area contributed by atoms with E-state index < -0.39 is 17.8 Å². The standard InChI is InChI=1S/C14H18ClF3N2O/c15-9-13(21)10-19-4-6-20(7-5-19)12-3-1-2-11(8-12)14(16,17)18/h1-3,8,13,21H,4-7,9-10H2/p+1/t13-/m1/s1. The summed E-state index contributed by atoms with van der Waals surface area (Å²) < 4.78 is 38.1. The van der Waals surface area contributed by atoms with Crippen LogP contribution in [0.5, 0.6) is 0 Å². The Balaban J connectivity index is 1.96. The summed E-state index contributed by atoms with van der Waals surface area (Å²) in [6.45, 7) is 3.49. The van der Waals surface area contributed by atoms with Crippen LogP contribution < -0.4 is 9.80 Å². The number of hydrogen-bond donors (Lipinski definition) is 2. The van der Waals surface area contributed by atoms with E-state index in [1.165, 1.54) is 17.0 Å². The van der Waals surface area contributed by atoms with Crippen LogP contribution in [-0.4, -0.2) is 49.8 Å². The average Bonchev–Trinajstić information content (AvgIpc) is 2.47. The smallest absolute Gasteiger partial charge is 0.386 e. The van der Waals surface area contributed by atoms with Crippen LogP contribution in [0, 0.1) is 0 Å². The zero-order chi connectivity index (χ0) is 15.5. The number of anilines is 1. The Morgan fingerprint density at radius 1 is 1.29 bits per heavy atom. The van der Waals surface area contributed by atoms with Gasteiger partial charge in [0.1, 0.15) is 12.6 Å². The highest BCUT2D eigenvalue weighted by Gasteiger charge is 2.31. The summed E-state index contributed by atoms with van der Waals surface area (Å²) in [6.07, 6.45) is -4.84. The Kier molecular flexibility index (Phi) is 5.35. The van der Waals surface area contributed by atoms with Crippen LogP contribution >= 0.6 is 11.6 Å². The first-order chi connectivity index (χ1) is 9.90. The van der Waals surface area contributed by atoms with Crippen LogP contribution in [0.25, 0.3) is 0 Å². The van der Waals surface area contributed by atoms with Crippen molar-refractivity contribution < 1.29 is 23.2 Å². The van der Waals surface area contributed by atoms with Gasteiger partial charge in [-0.2, -0.15) is 13.2 Å².